The molecule has 0 atom stereocenters. The van der Waals surface area contributed by atoms with E-state index in [4.69, 9.17) is 0 Å². The Morgan fingerprint density at radius 1 is 1.14 bits per heavy atom. The zero-order chi connectivity index (χ0) is 9.97. The van der Waals surface area contributed by atoms with Crippen LogP contribution < -0.4 is 0 Å². The van der Waals surface area contributed by atoms with Crippen LogP contribution in [0.5, 0.6) is 0 Å². The van der Waals surface area contributed by atoms with Gasteiger partial charge in [0.25, 0.3) is 0 Å². The average Bonchev–Trinajstić information content (AvgIpc) is 2.18. The molecule has 0 radical (unpaired) electrons. The Morgan fingerprint density at radius 2 is 1.93 bits per heavy atom. The minimum Gasteiger partial charge on any atom is -0.261 e. The second-order valence-corrected chi connectivity index (χ2v) is 3.03. The second kappa shape index (κ2) is 3.54. The van der Waals surface area contributed by atoms with Gasteiger partial charge in [0.1, 0.15) is 5.82 Å². The highest BCUT2D eigenvalue weighted by molar-refractivity contribution is 5.58. The number of aryl methyl sites for hydroxylation is 1. The molecule has 3 heteroatoms. The predicted octanol–water partition coefficient (Wildman–Crippen LogP) is 2.59. The van der Waals surface area contributed by atoms with Crippen molar-refractivity contribution in [2.24, 2.45) is 0 Å². The topological polar surface area (TPSA) is 25.8 Å². The molecule has 70 valence electrons. The van der Waals surface area contributed by atoms with Crippen LogP contribution in [0.1, 0.15) is 5.69 Å². The lowest BCUT2D eigenvalue weighted by atomic mass is 10.1. The molecule has 0 N–H and O–H groups in total. The fourth-order valence-electron chi connectivity index (χ4n) is 1.26. The number of rotatable bonds is 1. The maximum atomic E-state index is 13.3. The van der Waals surface area contributed by atoms with Crippen LogP contribution in [-0.2, 0) is 0 Å². The molecule has 0 fully saturated rings. The van der Waals surface area contributed by atoms with Crippen molar-refractivity contribution in [3.63, 3.8) is 0 Å². The van der Waals surface area contributed by atoms with Gasteiger partial charge in [-0.3, -0.25) is 4.98 Å². The summed E-state index contributed by atoms with van der Waals surface area (Å²) >= 11 is 0. The molecule has 2 aromatic rings. The van der Waals surface area contributed by atoms with Crippen LogP contribution >= 0.6 is 0 Å². The highest BCUT2D eigenvalue weighted by atomic mass is 19.1. The van der Waals surface area contributed by atoms with Crippen molar-refractivity contribution in [3.8, 4) is 11.3 Å². The summed E-state index contributed by atoms with van der Waals surface area (Å²) in [6.45, 7) is 1.83. The molecule has 1 aromatic heterocycles. The average molecular weight is 188 g/mol. The van der Waals surface area contributed by atoms with Crippen molar-refractivity contribution in [2.45, 2.75) is 6.92 Å². The van der Waals surface area contributed by atoms with Gasteiger partial charge >= 0.3 is 0 Å². The molecule has 0 aliphatic heterocycles. The van der Waals surface area contributed by atoms with Gasteiger partial charge in [0, 0.05) is 11.8 Å². The first-order valence-electron chi connectivity index (χ1n) is 4.31. The van der Waals surface area contributed by atoms with E-state index in [1.807, 2.05) is 6.92 Å². The smallest absolute Gasteiger partial charge is 0.132 e. The van der Waals surface area contributed by atoms with Gasteiger partial charge in [0.2, 0.25) is 0 Å². The molecule has 0 aliphatic carbocycles. The lowest BCUT2D eigenvalue weighted by molar-refractivity contribution is 0.630. The summed E-state index contributed by atoms with van der Waals surface area (Å²) in [7, 11) is 0. The van der Waals surface area contributed by atoms with Crippen LogP contribution in [0.3, 0.4) is 0 Å². The monoisotopic (exact) mass is 188 g/mol. The van der Waals surface area contributed by atoms with E-state index in [9.17, 15) is 4.39 Å². The van der Waals surface area contributed by atoms with E-state index in [0.29, 0.717) is 11.3 Å². The number of aromatic nitrogens is 2. The third-order valence-electron chi connectivity index (χ3n) is 1.90. The number of hydrogen-bond donors (Lipinski definition) is 0. The summed E-state index contributed by atoms with van der Waals surface area (Å²) in [4.78, 5) is 8.17. The van der Waals surface area contributed by atoms with Crippen molar-refractivity contribution >= 4 is 0 Å². The first-order chi connectivity index (χ1) is 6.77. The van der Waals surface area contributed by atoms with Crippen molar-refractivity contribution in [1.82, 2.24) is 9.97 Å². The van der Waals surface area contributed by atoms with E-state index in [0.717, 1.165) is 5.69 Å². The quantitative estimate of drug-likeness (QED) is 0.687. The summed E-state index contributed by atoms with van der Waals surface area (Å²) in [6, 6.07) is 6.54. The molecule has 0 saturated carbocycles. The third kappa shape index (κ3) is 1.62. The molecule has 0 unspecified atom stereocenters. The van der Waals surface area contributed by atoms with E-state index in [1.54, 1.807) is 30.6 Å². The minimum absolute atomic E-state index is 0.271. The van der Waals surface area contributed by atoms with Crippen LogP contribution in [0.2, 0.25) is 0 Å². The van der Waals surface area contributed by atoms with E-state index in [2.05, 4.69) is 9.97 Å². The molecule has 0 amide bonds. The van der Waals surface area contributed by atoms with Gasteiger partial charge < -0.3 is 0 Å². The van der Waals surface area contributed by atoms with Crippen LogP contribution in [-0.4, -0.2) is 9.97 Å². The van der Waals surface area contributed by atoms with E-state index >= 15 is 0 Å². The van der Waals surface area contributed by atoms with Crippen molar-refractivity contribution in [1.29, 1.82) is 0 Å². The van der Waals surface area contributed by atoms with Crippen LogP contribution in [0.25, 0.3) is 11.3 Å². The molecular weight excluding hydrogens is 179 g/mol. The Balaban J connectivity index is 2.55. The van der Waals surface area contributed by atoms with Gasteiger partial charge in [-0.2, -0.15) is 0 Å². The fraction of sp³-hybridized carbons (Fsp3) is 0.0909. The predicted molar refractivity (Wildman–Crippen MR) is 52.2 cm³/mol. The van der Waals surface area contributed by atoms with E-state index in [-0.39, 0.29) is 5.82 Å². The molecule has 2 nitrogen and oxygen atoms in total. The molecule has 0 bridgehead atoms. The minimum atomic E-state index is -0.271. The number of nitrogens with zero attached hydrogens (tertiary/aromatic N) is 2. The summed E-state index contributed by atoms with van der Waals surface area (Å²) in [6.07, 6.45) is 3.20. The molecular formula is C11H9FN2. The molecule has 2 rings (SSSR count). The van der Waals surface area contributed by atoms with Gasteiger partial charge in [-0.05, 0) is 19.1 Å². The fourth-order valence-corrected chi connectivity index (χ4v) is 1.26. The molecule has 1 aromatic carbocycles. The van der Waals surface area contributed by atoms with Gasteiger partial charge in [-0.25, -0.2) is 9.37 Å². The first-order valence-corrected chi connectivity index (χ1v) is 4.31. The Kier molecular flexibility index (Phi) is 2.23. The van der Waals surface area contributed by atoms with Crippen molar-refractivity contribution < 1.29 is 4.39 Å². The number of benzene rings is 1. The highest BCUT2D eigenvalue weighted by Gasteiger charge is 2.04. The first kappa shape index (κ1) is 8.81. The maximum absolute atomic E-state index is 13.3. The largest absolute Gasteiger partial charge is 0.261 e. The third-order valence-corrected chi connectivity index (χ3v) is 1.90. The molecule has 14 heavy (non-hydrogen) atoms. The second-order valence-electron chi connectivity index (χ2n) is 3.03. The lowest BCUT2D eigenvalue weighted by Crippen LogP contribution is -1.90. The highest BCUT2D eigenvalue weighted by Crippen LogP contribution is 2.19. The molecule has 0 spiro atoms. The van der Waals surface area contributed by atoms with Crippen LogP contribution in [0.15, 0.2) is 36.7 Å². The zero-order valence-corrected chi connectivity index (χ0v) is 7.74. The van der Waals surface area contributed by atoms with Crippen LogP contribution in [0.4, 0.5) is 4.39 Å². The van der Waals surface area contributed by atoms with Gasteiger partial charge in [-0.15, -0.1) is 0 Å². The van der Waals surface area contributed by atoms with Gasteiger partial charge in [-0.1, -0.05) is 12.1 Å². The van der Waals surface area contributed by atoms with Gasteiger partial charge in [0.15, 0.2) is 0 Å². The van der Waals surface area contributed by atoms with E-state index < -0.39 is 0 Å². The summed E-state index contributed by atoms with van der Waals surface area (Å²) in [5.41, 5.74) is 1.84. The van der Waals surface area contributed by atoms with Crippen molar-refractivity contribution in [2.75, 3.05) is 0 Å². The van der Waals surface area contributed by atoms with E-state index in [1.165, 1.54) is 6.07 Å². The van der Waals surface area contributed by atoms with Gasteiger partial charge in [0.05, 0.1) is 17.6 Å². The summed E-state index contributed by atoms with van der Waals surface area (Å²) in [5.74, 6) is -0.271. The maximum Gasteiger partial charge on any atom is 0.132 e. The number of hydrogen-bond acceptors (Lipinski definition) is 2. The Bertz CT molecular complexity index is 455. The molecule has 0 saturated heterocycles. The summed E-state index contributed by atoms with van der Waals surface area (Å²) < 4.78 is 13.3. The zero-order valence-electron chi connectivity index (χ0n) is 7.74. The lowest BCUT2D eigenvalue weighted by Gasteiger charge is -2.01. The standard InChI is InChI=1S/C11H9FN2/c1-8-6-13-7-11(14-8)9-4-2-3-5-10(9)12/h2-7H,1H3. The Morgan fingerprint density at radius 3 is 2.64 bits per heavy atom. The molecule has 0 aliphatic rings. The normalized spacial score (nSPS) is 10.1. The Labute approximate surface area is 81.5 Å². The van der Waals surface area contributed by atoms with Crippen molar-refractivity contribution in [3.05, 3.63) is 48.2 Å². The van der Waals surface area contributed by atoms with Crippen LogP contribution in [0, 0.1) is 12.7 Å². The number of halogens is 1. The SMILES string of the molecule is Cc1cncc(-c2ccccc2F)n1. The summed E-state index contributed by atoms with van der Waals surface area (Å²) in [5, 5.41) is 0. The molecule has 1 heterocycles. The Hall–Kier alpha value is -1.77.